The van der Waals surface area contributed by atoms with Crippen molar-refractivity contribution in [2.45, 2.75) is 76.2 Å². The summed E-state index contributed by atoms with van der Waals surface area (Å²) in [6, 6.07) is 2.19. The van der Waals surface area contributed by atoms with E-state index in [0.717, 1.165) is 47.4 Å². The van der Waals surface area contributed by atoms with E-state index in [1.54, 1.807) is 0 Å². The molecule has 41 heavy (non-hydrogen) atoms. The van der Waals surface area contributed by atoms with Gasteiger partial charge >= 0.3 is 5.69 Å². The first-order valence-electron chi connectivity index (χ1n) is 13.5. The number of halogens is 2. The number of nitrogens with one attached hydrogen (secondary N) is 2. The molecule has 2 aliphatic heterocycles. The zero-order valence-electron chi connectivity index (χ0n) is 23.8. The molecule has 0 aliphatic carbocycles. The van der Waals surface area contributed by atoms with Crippen LogP contribution in [0.25, 0.3) is 5.69 Å². The standard InChI is InChI=1S/C26H36F2N10O3/c1-24(2)11-15(12-26(29)7-6-8-37(24)26)31-21-17(28)13-30-22(33-21)32-18-10-19(38-23(39)36(5)34-35-38)20(9-16(18)27)41-14-25(3,4)40/h9-10,13,15,40H,6-8,11-12,14,29H2,1-5H3,(H2,30,31,32,33). The second kappa shape index (κ2) is 10.3. The van der Waals surface area contributed by atoms with E-state index in [1.807, 2.05) is 0 Å². The van der Waals surface area contributed by atoms with Crippen LogP contribution in [0.1, 0.15) is 53.4 Å². The highest BCUT2D eigenvalue weighted by Crippen LogP contribution is 2.43. The molecule has 0 amide bonds. The van der Waals surface area contributed by atoms with Crippen LogP contribution in [0.4, 0.5) is 26.2 Å². The van der Waals surface area contributed by atoms with Gasteiger partial charge in [0.15, 0.2) is 17.5 Å². The van der Waals surface area contributed by atoms with Gasteiger partial charge in [0.1, 0.15) is 18.0 Å². The third-order valence-corrected chi connectivity index (χ3v) is 7.52. The Labute approximate surface area is 235 Å². The molecule has 2 aliphatic rings. The number of aliphatic hydroxyl groups is 1. The first-order valence-corrected chi connectivity index (χ1v) is 13.5. The zero-order valence-corrected chi connectivity index (χ0v) is 23.8. The Morgan fingerprint density at radius 1 is 1.22 bits per heavy atom. The second-order valence-corrected chi connectivity index (χ2v) is 12.1. The van der Waals surface area contributed by atoms with Crippen LogP contribution in [-0.4, -0.2) is 75.8 Å². The number of rotatable bonds is 8. The molecule has 5 rings (SSSR count). The summed E-state index contributed by atoms with van der Waals surface area (Å²) >= 11 is 0. The molecule has 1 aromatic carbocycles. The fraction of sp³-hybridized carbons (Fsp3) is 0.577. The molecule has 0 radical (unpaired) electrons. The maximum Gasteiger partial charge on any atom is 0.368 e. The summed E-state index contributed by atoms with van der Waals surface area (Å²) in [5.41, 5.74) is 4.21. The second-order valence-electron chi connectivity index (χ2n) is 12.1. The number of nitrogens with zero attached hydrogens (tertiary/aromatic N) is 7. The van der Waals surface area contributed by atoms with E-state index in [0.29, 0.717) is 6.42 Å². The SMILES string of the molecule is Cn1nnn(-c2cc(Nc3ncc(F)c(NC4CC(C)(C)N5CCCC5(N)C4)n3)c(F)cc2OCC(C)(C)O)c1=O. The zero-order chi connectivity index (χ0) is 29.7. The average Bonchev–Trinajstić information content (AvgIpc) is 3.43. The summed E-state index contributed by atoms with van der Waals surface area (Å²) in [7, 11) is 1.41. The number of hydrogen-bond acceptors (Lipinski definition) is 11. The lowest BCUT2D eigenvalue weighted by Gasteiger charge is -2.53. The van der Waals surface area contributed by atoms with Gasteiger partial charge in [0, 0.05) is 31.2 Å². The highest BCUT2D eigenvalue weighted by atomic mass is 19.1. The molecule has 0 saturated carbocycles. The van der Waals surface area contributed by atoms with Gasteiger partial charge in [0.25, 0.3) is 0 Å². The van der Waals surface area contributed by atoms with Crippen molar-refractivity contribution in [3.63, 3.8) is 0 Å². The summed E-state index contributed by atoms with van der Waals surface area (Å²) in [5.74, 6) is -1.57. The van der Waals surface area contributed by atoms with Gasteiger partial charge in [-0.1, -0.05) is 0 Å². The number of fused-ring (bicyclic) bond motifs is 1. The molecule has 2 unspecified atom stereocenters. The van der Waals surface area contributed by atoms with Crippen LogP contribution in [-0.2, 0) is 7.05 Å². The van der Waals surface area contributed by atoms with E-state index < -0.39 is 28.6 Å². The van der Waals surface area contributed by atoms with Gasteiger partial charge in [-0.3, -0.25) is 4.90 Å². The smallest absolute Gasteiger partial charge is 0.368 e. The van der Waals surface area contributed by atoms with E-state index >= 15 is 4.39 Å². The van der Waals surface area contributed by atoms with E-state index in [-0.39, 0.29) is 47.1 Å². The number of hydrogen-bond donors (Lipinski definition) is 4. The fourth-order valence-corrected chi connectivity index (χ4v) is 5.81. The van der Waals surface area contributed by atoms with Crippen molar-refractivity contribution in [3.8, 4) is 11.4 Å². The summed E-state index contributed by atoms with van der Waals surface area (Å²) in [4.78, 5) is 23.2. The van der Waals surface area contributed by atoms with E-state index in [1.165, 1.54) is 27.0 Å². The first kappa shape index (κ1) is 28.8. The van der Waals surface area contributed by atoms with E-state index in [4.69, 9.17) is 10.5 Å². The van der Waals surface area contributed by atoms with Crippen LogP contribution in [0.15, 0.2) is 23.1 Å². The third kappa shape index (κ3) is 5.87. The molecular weight excluding hydrogens is 538 g/mol. The van der Waals surface area contributed by atoms with Crippen molar-refractivity contribution in [1.82, 2.24) is 34.7 Å². The Kier molecular flexibility index (Phi) is 7.24. The van der Waals surface area contributed by atoms with Crippen molar-refractivity contribution in [2.24, 2.45) is 12.8 Å². The highest BCUT2D eigenvalue weighted by molar-refractivity contribution is 5.63. The molecule has 15 heteroatoms. The number of ether oxygens (including phenoxy) is 1. The minimum absolute atomic E-state index is 0.0331. The number of tetrazole rings is 1. The third-order valence-electron chi connectivity index (χ3n) is 7.52. The average molecular weight is 575 g/mol. The maximum absolute atomic E-state index is 15.3. The molecule has 4 heterocycles. The van der Waals surface area contributed by atoms with Crippen molar-refractivity contribution >= 4 is 17.5 Å². The minimum Gasteiger partial charge on any atom is -0.488 e. The first-order chi connectivity index (χ1) is 19.1. The Balaban J connectivity index is 1.43. The molecule has 0 spiro atoms. The monoisotopic (exact) mass is 574 g/mol. The molecule has 5 N–H and O–H groups in total. The van der Waals surface area contributed by atoms with E-state index in [2.05, 4.69) is 49.8 Å². The van der Waals surface area contributed by atoms with Crippen molar-refractivity contribution in [2.75, 3.05) is 23.8 Å². The largest absolute Gasteiger partial charge is 0.488 e. The number of anilines is 3. The summed E-state index contributed by atoms with van der Waals surface area (Å²) in [6.45, 7) is 8.06. The van der Waals surface area contributed by atoms with Crippen molar-refractivity contribution < 1.29 is 18.6 Å². The quantitative estimate of drug-likeness (QED) is 0.312. The van der Waals surface area contributed by atoms with Crippen LogP contribution in [0.3, 0.4) is 0 Å². The molecular formula is C26H36F2N10O3. The number of benzene rings is 1. The van der Waals surface area contributed by atoms with Gasteiger partial charge < -0.3 is 26.2 Å². The van der Waals surface area contributed by atoms with Crippen molar-refractivity contribution in [1.29, 1.82) is 0 Å². The lowest BCUT2D eigenvalue weighted by Crippen LogP contribution is -2.66. The summed E-state index contributed by atoms with van der Waals surface area (Å²) in [6.07, 6.45) is 4.23. The fourth-order valence-electron chi connectivity index (χ4n) is 5.81. The summed E-state index contributed by atoms with van der Waals surface area (Å²) < 4.78 is 37.7. The van der Waals surface area contributed by atoms with Gasteiger partial charge in [0.05, 0.1) is 23.1 Å². The van der Waals surface area contributed by atoms with Gasteiger partial charge in [0.2, 0.25) is 5.95 Å². The Morgan fingerprint density at radius 2 is 1.98 bits per heavy atom. The lowest BCUT2D eigenvalue weighted by atomic mass is 9.80. The van der Waals surface area contributed by atoms with Crippen molar-refractivity contribution in [3.05, 3.63) is 40.4 Å². The van der Waals surface area contributed by atoms with Crippen LogP contribution >= 0.6 is 0 Å². The van der Waals surface area contributed by atoms with Crippen LogP contribution < -0.4 is 26.8 Å². The topological polar surface area (TPSA) is 161 Å². The number of piperidine rings is 1. The molecule has 2 atom stereocenters. The number of aromatic nitrogens is 6. The number of aryl methyl sites for hydroxylation is 1. The minimum atomic E-state index is -1.23. The van der Waals surface area contributed by atoms with Crippen LogP contribution in [0.5, 0.6) is 5.75 Å². The molecule has 13 nitrogen and oxygen atoms in total. The molecule has 2 aromatic heterocycles. The van der Waals surface area contributed by atoms with Gasteiger partial charge in [-0.25, -0.2) is 18.6 Å². The Morgan fingerprint density at radius 3 is 2.66 bits per heavy atom. The normalized spacial score (nSPS) is 22.4. The molecule has 222 valence electrons. The predicted octanol–water partition coefficient (Wildman–Crippen LogP) is 2.03. The molecule has 2 saturated heterocycles. The van der Waals surface area contributed by atoms with Crippen LogP contribution in [0.2, 0.25) is 0 Å². The Hall–Kier alpha value is -3.69. The van der Waals surface area contributed by atoms with Gasteiger partial charge in [-0.05, 0) is 69.9 Å². The maximum atomic E-state index is 15.3. The molecule has 2 fully saturated rings. The molecule has 3 aromatic rings. The van der Waals surface area contributed by atoms with E-state index in [9.17, 15) is 14.3 Å². The van der Waals surface area contributed by atoms with Gasteiger partial charge in [-0.2, -0.15) is 14.3 Å². The van der Waals surface area contributed by atoms with Crippen LogP contribution in [0, 0.1) is 11.6 Å². The molecule has 0 bridgehead atoms. The number of nitrogens with two attached hydrogens (primary N) is 1. The Bertz CT molecular complexity index is 1500. The predicted molar refractivity (Wildman–Crippen MR) is 147 cm³/mol. The highest BCUT2D eigenvalue weighted by Gasteiger charge is 2.50. The van der Waals surface area contributed by atoms with Gasteiger partial charge in [-0.15, -0.1) is 0 Å². The summed E-state index contributed by atoms with van der Waals surface area (Å²) in [5, 5.41) is 23.6. The lowest BCUT2D eigenvalue weighted by molar-refractivity contribution is -0.0160.